The first-order chi connectivity index (χ1) is 11.2. The van der Waals surface area contributed by atoms with Gasteiger partial charge in [-0.2, -0.15) is 0 Å². The minimum Gasteiger partial charge on any atom is -0.463 e. The van der Waals surface area contributed by atoms with Gasteiger partial charge in [0, 0.05) is 18.5 Å². The van der Waals surface area contributed by atoms with Gasteiger partial charge in [-0.15, -0.1) is 0 Å². The van der Waals surface area contributed by atoms with E-state index in [1.54, 1.807) is 23.3 Å². The van der Waals surface area contributed by atoms with Crippen LogP contribution in [-0.4, -0.2) is 40.6 Å². The fraction of sp³-hybridized carbons (Fsp3) is 0.222. The number of aromatic nitrogens is 1. The Balaban J connectivity index is 2.16. The molecule has 23 heavy (non-hydrogen) atoms. The maximum absolute atomic E-state index is 12.9. The first-order valence-corrected chi connectivity index (χ1v) is 7.58. The Morgan fingerprint density at radius 2 is 2.09 bits per heavy atom. The van der Waals surface area contributed by atoms with Crippen molar-refractivity contribution in [2.45, 2.75) is 6.92 Å². The molecule has 0 fully saturated rings. The molecular formula is C18H18N2O3. The number of amides is 1. The third kappa shape index (κ3) is 2.96. The lowest BCUT2D eigenvalue weighted by molar-refractivity contribution is 0.0734. The van der Waals surface area contributed by atoms with Gasteiger partial charge >= 0.3 is 0 Å². The van der Waals surface area contributed by atoms with Gasteiger partial charge in [-0.25, -0.2) is 4.98 Å². The van der Waals surface area contributed by atoms with Gasteiger partial charge in [0.2, 0.25) is 0 Å². The lowest BCUT2D eigenvalue weighted by atomic mass is 10.1. The van der Waals surface area contributed by atoms with Crippen molar-refractivity contribution in [1.29, 1.82) is 0 Å². The van der Waals surface area contributed by atoms with Crippen molar-refractivity contribution in [3.63, 3.8) is 0 Å². The average molecular weight is 310 g/mol. The molecule has 1 amide bonds. The number of hydrogen-bond acceptors (Lipinski definition) is 4. The molecule has 1 aromatic carbocycles. The quantitative estimate of drug-likeness (QED) is 0.787. The van der Waals surface area contributed by atoms with Crippen molar-refractivity contribution < 1.29 is 14.3 Å². The van der Waals surface area contributed by atoms with E-state index in [0.717, 1.165) is 10.9 Å². The van der Waals surface area contributed by atoms with Crippen molar-refractivity contribution in [3.8, 4) is 11.5 Å². The number of hydrogen-bond donors (Lipinski definition) is 1. The van der Waals surface area contributed by atoms with Crippen LogP contribution in [0, 0.1) is 0 Å². The summed E-state index contributed by atoms with van der Waals surface area (Å²) in [5.74, 6) is 0.503. The first kappa shape index (κ1) is 15.2. The Hall–Kier alpha value is -2.66. The molecule has 0 aliphatic carbocycles. The normalized spacial score (nSPS) is 10.9. The minimum atomic E-state index is -0.118. The summed E-state index contributed by atoms with van der Waals surface area (Å²) in [6.45, 7) is 2.67. The highest BCUT2D eigenvalue weighted by atomic mass is 16.3. The van der Waals surface area contributed by atoms with E-state index < -0.39 is 0 Å². The van der Waals surface area contributed by atoms with E-state index >= 15 is 0 Å². The number of benzene rings is 1. The molecule has 5 heteroatoms. The third-order valence-corrected chi connectivity index (χ3v) is 3.76. The van der Waals surface area contributed by atoms with Crippen LogP contribution in [0.1, 0.15) is 17.3 Å². The van der Waals surface area contributed by atoms with Crippen molar-refractivity contribution in [2.75, 3.05) is 19.7 Å². The van der Waals surface area contributed by atoms with Crippen LogP contribution in [0.25, 0.3) is 22.4 Å². The van der Waals surface area contributed by atoms with Gasteiger partial charge in [0.25, 0.3) is 5.91 Å². The van der Waals surface area contributed by atoms with Crippen molar-refractivity contribution >= 4 is 16.8 Å². The molecule has 118 valence electrons. The number of carbonyl (C=O) groups is 1. The SMILES string of the molecule is CCN(CCO)C(=O)c1cc(-c2ccco2)nc2ccccc12. The maximum Gasteiger partial charge on any atom is 0.254 e. The van der Waals surface area contributed by atoms with Crippen LogP contribution >= 0.6 is 0 Å². The van der Waals surface area contributed by atoms with Gasteiger partial charge in [-0.1, -0.05) is 18.2 Å². The second kappa shape index (κ2) is 6.62. The van der Waals surface area contributed by atoms with Crippen LogP contribution in [0.2, 0.25) is 0 Å². The number of carbonyl (C=O) groups excluding carboxylic acids is 1. The molecule has 0 spiro atoms. The predicted molar refractivity (Wildman–Crippen MR) is 88.1 cm³/mol. The van der Waals surface area contributed by atoms with Crippen LogP contribution in [0.5, 0.6) is 0 Å². The summed E-state index contributed by atoms with van der Waals surface area (Å²) in [6, 6.07) is 12.9. The molecule has 0 saturated heterocycles. The zero-order valence-corrected chi connectivity index (χ0v) is 12.9. The van der Waals surface area contributed by atoms with Crippen molar-refractivity contribution in [1.82, 2.24) is 9.88 Å². The van der Waals surface area contributed by atoms with Crippen LogP contribution in [0.3, 0.4) is 0 Å². The second-order valence-electron chi connectivity index (χ2n) is 5.16. The second-order valence-corrected chi connectivity index (χ2v) is 5.16. The standard InChI is InChI=1S/C18H18N2O3/c1-2-20(9-10-21)18(22)14-12-16(17-8-5-11-23-17)19-15-7-4-3-6-13(14)15/h3-8,11-12,21H,2,9-10H2,1H3. The van der Waals surface area contributed by atoms with E-state index in [-0.39, 0.29) is 12.5 Å². The van der Waals surface area contributed by atoms with E-state index in [2.05, 4.69) is 4.98 Å². The number of nitrogens with zero attached hydrogens (tertiary/aromatic N) is 2. The van der Waals surface area contributed by atoms with Gasteiger partial charge in [-0.05, 0) is 31.2 Å². The molecule has 0 unspecified atom stereocenters. The largest absolute Gasteiger partial charge is 0.463 e. The fourth-order valence-electron chi connectivity index (χ4n) is 2.60. The topological polar surface area (TPSA) is 66.6 Å². The Labute approximate surface area is 134 Å². The number of rotatable bonds is 5. The summed E-state index contributed by atoms with van der Waals surface area (Å²) in [7, 11) is 0. The molecule has 3 aromatic rings. The zero-order chi connectivity index (χ0) is 16.2. The first-order valence-electron chi connectivity index (χ1n) is 7.58. The third-order valence-electron chi connectivity index (χ3n) is 3.76. The van der Waals surface area contributed by atoms with Crippen LogP contribution < -0.4 is 0 Å². The molecule has 0 saturated carbocycles. The molecular weight excluding hydrogens is 292 g/mol. The van der Waals surface area contributed by atoms with Crippen LogP contribution in [0.15, 0.2) is 53.1 Å². The maximum atomic E-state index is 12.9. The molecule has 0 radical (unpaired) electrons. The van der Waals surface area contributed by atoms with Gasteiger partial charge in [0.05, 0.1) is 24.0 Å². The summed E-state index contributed by atoms with van der Waals surface area (Å²) in [5.41, 5.74) is 1.93. The van der Waals surface area contributed by atoms with Gasteiger partial charge in [0.15, 0.2) is 5.76 Å². The molecule has 0 atom stereocenters. The summed E-state index contributed by atoms with van der Waals surface area (Å²) >= 11 is 0. The van der Waals surface area contributed by atoms with E-state index in [4.69, 9.17) is 9.52 Å². The lowest BCUT2D eigenvalue weighted by Gasteiger charge is -2.20. The Kier molecular flexibility index (Phi) is 4.39. The molecule has 0 aliphatic rings. The van der Waals surface area contributed by atoms with Gasteiger partial charge in [0.1, 0.15) is 5.69 Å². The lowest BCUT2D eigenvalue weighted by Crippen LogP contribution is -2.33. The van der Waals surface area contributed by atoms with E-state index in [1.807, 2.05) is 37.3 Å². The number of aliphatic hydroxyl groups excluding tert-OH is 1. The summed E-state index contributed by atoms with van der Waals surface area (Å²) in [4.78, 5) is 19.1. The predicted octanol–water partition coefficient (Wildman–Crippen LogP) is 2.95. The Morgan fingerprint density at radius 1 is 1.26 bits per heavy atom. The van der Waals surface area contributed by atoms with Crippen molar-refractivity contribution in [2.24, 2.45) is 0 Å². The van der Waals surface area contributed by atoms with Crippen LogP contribution in [0.4, 0.5) is 0 Å². The number of fused-ring (bicyclic) bond motifs is 1. The van der Waals surface area contributed by atoms with Crippen LogP contribution in [-0.2, 0) is 0 Å². The summed E-state index contributed by atoms with van der Waals surface area (Å²) in [6.07, 6.45) is 1.58. The van der Waals surface area contributed by atoms with Crippen molar-refractivity contribution in [3.05, 3.63) is 54.3 Å². The number of aliphatic hydroxyl groups is 1. The molecule has 5 nitrogen and oxygen atoms in total. The Bertz CT molecular complexity index is 812. The highest BCUT2D eigenvalue weighted by molar-refractivity contribution is 6.07. The molecule has 1 N–H and O–H groups in total. The average Bonchev–Trinajstić information content (AvgIpc) is 3.12. The van der Waals surface area contributed by atoms with Gasteiger partial charge < -0.3 is 14.4 Å². The smallest absolute Gasteiger partial charge is 0.254 e. The highest BCUT2D eigenvalue weighted by Gasteiger charge is 2.19. The zero-order valence-electron chi connectivity index (χ0n) is 12.9. The van der Waals surface area contributed by atoms with E-state index in [9.17, 15) is 4.79 Å². The molecule has 2 heterocycles. The fourth-order valence-corrected chi connectivity index (χ4v) is 2.60. The Morgan fingerprint density at radius 3 is 2.78 bits per heavy atom. The monoisotopic (exact) mass is 310 g/mol. The van der Waals surface area contributed by atoms with Gasteiger partial charge in [-0.3, -0.25) is 4.79 Å². The number of para-hydroxylation sites is 1. The summed E-state index contributed by atoms with van der Waals surface area (Å²) < 4.78 is 5.41. The van der Waals surface area contributed by atoms with E-state index in [1.165, 1.54) is 0 Å². The number of furan rings is 1. The summed E-state index contributed by atoms with van der Waals surface area (Å²) in [5, 5.41) is 9.96. The number of likely N-dealkylation sites (N-methyl/N-ethyl adjacent to an activating group) is 1. The molecule has 3 rings (SSSR count). The molecule has 0 aliphatic heterocycles. The van der Waals surface area contributed by atoms with E-state index in [0.29, 0.717) is 30.1 Å². The highest BCUT2D eigenvalue weighted by Crippen LogP contribution is 2.26. The number of pyridine rings is 1. The molecule has 0 bridgehead atoms. The minimum absolute atomic E-state index is 0.0619. The molecule has 2 aromatic heterocycles.